The number of likely N-dealkylation sites (N-methyl/N-ethyl adjacent to an activating group) is 1. The Morgan fingerprint density at radius 2 is 1.95 bits per heavy atom. The van der Waals surface area contributed by atoms with Crippen molar-refractivity contribution in [2.45, 2.75) is 59.5 Å². The molecule has 1 fully saturated rings. The quantitative estimate of drug-likeness (QED) is 0.730. The van der Waals surface area contributed by atoms with Gasteiger partial charge in [-0.05, 0) is 32.4 Å². The molecule has 19 heavy (non-hydrogen) atoms. The third kappa shape index (κ3) is 5.41. The van der Waals surface area contributed by atoms with Gasteiger partial charge in [-0.1, -0.05) is 34.1 Å². The highest BCUT2D eigenvalue weighted by Crippen LogP contribution is 2.14. The van der Waals surface area contributed by atoms with Crippen molar-refractivity contribution in [1.82, 2.24) is 15.1 Å². The molecule has 0 amide bonds. The van der Waals surface area contributed by atoms with E-state index >= 15 is 0 Å². The van der Waals surface area contributed by atoms with Gasteiger partial charge in [-0.2, -0.15) is 0 Å². The van der Waals surface area contributed by atoms with Gasteiger partial charge in [0.15, 0.2) is 0 Å². The second kappa shape index (κ2) is 8.93. The Labute approximate surface area is 120 Å². The smallest absolute Gasteiger partial charge is 0.0220 e. The van der Waals surface area contributed by atoms with Crippen LogP contribution in [0.1, 0.15) is 47.5 Å². The fourth-order valence-electron chi connectivity index (χ4n) is 3.04. The van der Waals surface area contributed by atoms with Crippen LogP contribution in [0.25, 0.3) is 0 Å². The molecule has 1 heterocycles. The number of nitrogens with one attached hydrogen (secondary N) is 1. The van der Waals surface area contributed by atoms with Crippen LogP contribution in [-0.4, -0.2) is 61.2 Å². The highest BCUT2D eigenvalue weighted by atomic mass is 15.3. The molecule has 3 nitrogen and oxygen atoms in total. The lowest BCUT2D eigenvalue weighted by molar-refractivity contribution is 0.0758. The number of rotatable bonds is 8. The Kier molecular flexibility index (Phi) is 7.96. The van der Waals surface area contributed by atoms with Gasteiger partial charge in [0.25, 0.3) is 0 Å². The van der Waals surface area contributed by atoms with Crippen LogP contribution in [-0.2, 0) is 0 Å². The van der Waals surface area contributed by atoms with Gasteiger partial charge < -0.3 is 5.32 Å². The first-order valence-corrected chi connectivity index (χ1v) is 8.32. The van der Waals surface area contributed by atoms with E-state index < -0.39 is 0 Å². The molecule has 0 aromatic carbocycles. The first-order valence-electron chi connectivity index (χ1n) is 8.32. The summed E-state index contributed by atoms with van der Waals surface area (Å²) in [6, 6.07) is 1.37. The van der Waals surface area contributed by atoms with Crippen LogP contribution < -0.4 is 5.32 Å². The molecule has 114 valence electrons. The summed E-state index contributed by atoms with van der Waals surface area (Å²) in [7, 11) is 0. The van der Waals surface area contributed by atoms with Crippen LogP contribution in [0.5, 0.6) is 0 Å². The minimum atomic E-state index is 0.658. The molecule has 1 rings (SSSR count). The van der Waals surface area contributed by atoms with E-state index in [2.05, 4.69) is 49.7 Å². The Morgan fingerprint density at radius 3 is 2.47 bits per heavy atom. The molecule has 1 N–H and O–H groups in total. The second-order valence-corrected chi connectivity index (χ2v) is 6.18. The number of nitrogens with zero attached hydrogens (tertiary/aromatic N) is 2. The first-order chi connectivity index (χ1) is 9.12. The topological polar surface area (TPSA) is 18.5 Å². The molecule has 3 atom stereocenters. The van der Waals surface area contributed by atoms with Crippen molar-refractivity contribution in [3.8, 4) is 0 Å². The van der Waals surface area contributed by atoms with Gasteiger partial charge in [0.1, 0.15) is 0 Å². The van der Waals surface area contributed by atoms with E-state index in [1.54, 1.807) is 0 Å². The predicted molar refractivity (Wildman–Crippen MR) is 84.7 cm³/mol. The Bertz CT molecular complexity index is 232. The maximum atomic E-state index is 3.75. The van der Waals surface area contributed by atoms with Crippen molar-refractivity contribution in [3.63, 3.8) is 0 Å². The molecule has 1 saturated heterocycles. The first kappa shape index (κ1) is 16.9. The second-order valence-electron chi connectivity index (χ2n) is 6.18. The zero-order valence-corrected chi connectivity index (χ0v) is 13.8. The molecule has 0 bridgehead atoms. The fraction of sp³-hybridized carbons (Fsp3) is 1.00. The van der Waals surface area contributed by atoms with E-state index in [1.165, 1.54) is 45.6 Å². The SMILES string of the molecule is CCCNC(CN1CCN(CC)C(C)C1)C(C)CC. The van der Waals surface area contributed by atoms with Crippen LogP contribution in [0.4, 0.5) is 0 Å². The summed E-state index contributed by atoms with van der Waals surface area (Å²) in [4.78, 5) is 5.25. The van der Waals surface area contributed by atoms with Gasteiger partial charge >= 0.3 is 0 Å². The van der Waals surface area contributed by atoms with Gasteiger partial charge in [0.05, 0.1) is 0 Å². The summed E-state index contributed by atoms with van der Waals surface area (Å²) in [5.74, 6) is 0.770. The summed E-state index contributed by atoms with van der Waals surface area (Å²) in [5.41, 5.74) is 0. The Morgan fingerprint density at radius 1 is 1.21 bits per heavy atom. The van der Waals surface area contributed by atoms with Crippen molar-refractivity contribution in [2.75, 3.05) is 39.3 Å². The molecule has 0 aromatic rings. The third-order valence-corrected chi connectivity index (χ3v) is 4.70. The minimum absolute atomic E-state index is 0.658. The maximum absolute atomic E-state index is 3.75. The van der Waals surface area contributed by atoms with Crippen LogP contribution in [0.2, 0.25) is 0 Å². The number of piperazine rings is 1. The normalized spacial score (nSPS) is 25.4. The summed E-state index contributed by atoms with van der Waals surface area (Å²) in [6.45, 7) is 18.9. The largest absolute Gasteiger partial charge is 0.312 e. The van der Waals surface area contributed by atoms with E-state index in [0.29, 0.717) is 12.1 Å². The molecule has 0 saturated carbocycles. The molecular formula is C16H35N3. The van der Waals surface area contributed by atoms with E-state index in [1.807, 2.05) is 0 Å². The van der Waals surface area contributed by atoms with Crippen molar-refractivity contribution in [1.29, 1.82) is 0 Å². The Balaban J connectivity index is 2.45. The molecule has 1 aliphatic rings. The summed E-state index contributed by atoms with van der Waals surface area (Å²) >= 11 is 0. The maximum Gasteiger partial charge on any atom is 0.0220 e. The zero-order valence-electron chi connectivity index (χ0n) is 13.8. The summed E-state index contributed by atoms with van der Waals surface area (Å²) in [6.07, 6.45) is 2.50. The van der Waals surface area contributed by atoms with Gasteiger partial charge in [-0.25, -0.2) is 0 Å². The van der Waals surface area contributed by atoms with Crippen LogP contribution in [0.3, 0.4) is 0 Å². The van der Waals surface area contributed by atoms with Crippen molar-refractivity contribution in [3.05, 3.63) is 0 Å². The molecule has 0 radical (unpaired) electrons. The van der Waals surface area contributed by atoms with Gasteiger partial charge in [-0.15, -0.1) is 0 Å². The van der Waals surface area contributed by atoms with Crippen molar-refractivity contribution >= 4 is 0 Å². The number of hydrogen-bond acceptors (Lipinski definition) is 3. The average molecular weight is 269 g/mol. The van der Waals surface area contributed by atoms with Crippen molar-refractivity contribution < 1.29 is 0 Å². The van der Waals surface area contributed by atoms with Gasteiger partial charge in [0, 0.05) is 38.3 Å². The lowest BCUT2D eigenvalue weighted by Crippen LogP contribution is -2.55. The third-order valence-electron chi connectivity index (χ3n) is 4.70. The lowest BCUT2D eigenvalue weighted by atomic mass is 9.98. The van der Waals surface area contributed by atoms with Gasteiger partial charge in [0.2, 0.25) is 0 Å². The van der Waals surface area contributed by atoms with E-state index in [4.69, 9.17) is 0 Å². The van der Waals surface area contributed by atoms with Crippen LogP contribution in [0, 0.1) is 5.92 Å². The molecule has 0 spiro atoms. The van der Waals surface area contributed by atoms with Crippen LogP contribution in [0.15, 0.2) is 0 Å². The predicted octanol–water partition coefficient (Wildman–Crippen LogP) is 2.43. The van der Waals surface area contributed by atoms with Crippen molar-refractivity contribution in [2.24, 2.45) is 5.92 Å². The van der Waals surface area contributed by atoms with E-state index in [0.717, 1.165) is 12.5 Å². The average Bonchev–Trinajstić information content (AvgIpc) is 2.42. The van der Waals surface area contributed by atoms with E-state index in [-0.39, 0.29) is 0 Å². The monoisotopic (exact) mass is 269 g/mol. The standard InChI is InChI=1S/C16H35N3/c1-6-9-17-16(14(4)7-2)13-18-10-11-19(8-3)15(5)12-18/h14-17H,6-13H2,1-5H3. The van der Waals surface area contributed by atoms with Crippen LogP contribution >= 0.6 is 0 Å². The fourth-order valence-corrected chi connectivity index (χ4v) is 3.04. The van der Waals surface area contributed by atoms with E-state index in [9.17, 15) is 0 Å². The molecular weight excluding hydrogens is 234 g/mol. The molecule has 3 heteroatoms. The minimum Gasteiger partial charge on any atom is -0.312 e. The highest BCUT2D eigenvalue weighted by molar-refractivity contribution is 4.83. The summed E-state index contributed by atoms with van der Waals surface area (Å²) in [5, 5.41) is 3.75. The molecule has 0 aliphatic carbocycles. The summed E-state index contributed by atoms with van der Waals surface area (Å²) < 4.78 is 0. The molecule has 1 aliphatic heterocycles. The zero-order chi connectivity index (χ0) is 14.3. The Hall–Kier alpha value is -0.120. The highest BCUT2D eigenvalue weighted by Gasteiger charge is 2.25. The lowest BCUT2D eigenvalue weighted by Gasteiger charge is -2.41. The molecule has 3 unspecified atom stereocenters. The molecule has 0 aromatic heterocycles. The number of hydrogen-bond donors (Lipinski definition) is 1. The van der Waals surface area contributed by atoms with Gasteiger partial charge in [-0.3, -0.25) is 9.80 Å².